The summed E-state index contributed by atoms with van der Waals surface area (Å²) in [5, 5.41) is 2.79. The Balaban J connectivity index is 1.65. The van der Waals surface area contributed by atoms with Crippen LogP contribution < -0.4 is 10.2 Å². The summed E-state index contributed by atoms with van der Waals surface area (Å²) in [5.41, 5.74) is 1.64. The normalized spacial score (nSPS) is 18.0. The number of rotatable bonds is 3. The van der Waals surface area contributed by atoms with Crippen molar-refractivity contribution in [3.05, 3.63) is 48.4 Å². The van der Waals surface area contributed by atoms with Crippen molar-refractivity contribution < 1.29 is 4.79 Å². The van der Waals surface area contributed by atoms with Crippen molar-refractivity contribution in [1.29, 1.82) is 0 Å². The maximum atomic E-state index is 12.0. The first-order chi connectivity index (χ1) is 10.7. The number of carbonyl (C=O) groups is 1. The van der Waals surface area contributed by atoms with Crippen LogP contribution in [0.2, 0.25) is 0 Å². The highest BCUT2D eigenvalue weighted by molar-refractivity contribution is 6.03. The van der Waals surface area contributed by atoms with E-state index < -0.39 is 0 Å². The van der Waals surface area contributed by atoms with Gasteiger partial charge in [-0.2, -0.15) is 0 Å². The van der Waals surface area contributed by atoms with Gasteiger partial charge in [0.15, 0.2) is 0 Å². The molecule has 1 N–H and O–H groups in total. The zero-order valence-corrected chi connectivity index (χ0v) is 12.7. The summed E-state index contributed by atoms with van der Waals surface area (Å²) in [6.45, 7) is 4.43. The van der Waals surface area contributed by atoms with Crippen LogP contribution in [0.5, 0.6) is 0 Å². The summed E-state index contributed by atoms with van der Waals surface area (Å²) in [7, 11) is 0. The Morgan fingerprint density at radius 3 is 2.91 bits per heavy atom. The van der Waals surface area contributed by atoms with Crippen LogP contribution >= 0.6 is 0 Å². The quantitative estimate of drug-likeness (QED) is 0.946. The predicted octanol–water partition coefficient (Wildman–Crippen LogP) is 2.97. The molecule has 0 saturated carbocycles. The summed E-state index contributed by atoms with van der Waals surface area (Å²) in [5.74, 6) is 1.08. The van der Waals surface area contributed by atoms with E-state index in [0.717, 1.165) is 24.7 Å². The van der Waals surface area contributed by atoms with Crippen LogP contribution in [0, 0.1) is 5.92 Å². The van der Waals surface area contributed by atoms with Gasteiger partial charge in [-0.15, -0.1) is 0 Å². The second kappa shape index (κ2) is 6.56. The monoisotopic (exact) mass is 296 g/mol. The largest absolute Gasteiger partial charge is 0.370 e. The summed E-state index contributed by atoms with van der Waals surface area (Å²) in [6, 6.07) is 7.33. The molecular weight excluding hydrogens is 276 g/mol. The molecule has 0 bridgehead atoms. The molecule has 1 aliphatic heterocycles. The SMILES string of the molecule is CC1CCCN(c2ccc(NC(=O)c3cccnc3)nc2)C1. The van der Waals surface area contributed by atoms with Crippen molar-refractivity contribution in [2.45, 2.75) is 19.8 Å². The fourth-order valence-electron chi connectivity index (χ4n) is 2.76. The van der Waals surface area contributed by atoms with Crippen molar-refractivity contribution in [2.24, 2.45) is 5.92 Å². The van der Waals surface area contributed by atoms with Crippen LogP contribution in [-0.2, 0) is 0 Å². The standard InChI is InChI=1S/C17H20N4O/c1-13-4-3-9-21(12-13)15-6-7-16(19-11-15)20-17(22)14-5-2-8-18-10-14/h2,5-8,10-11,13H,3-4,9,12H2,1H3,(H,19,20,22). The molecule has 1 atom stereocenters. The van der Waals surface area contributed by atoms with Crippen molar-refractivity contribution >= 4 is 17.4 Å². The van der Waals surface area contributed by atoms with Gasteiger partial charge in [-0.1, -0.05) is 6.92 Å². The minimum absolute atomic E-state index is 0.194. The topological polar surface area (TPSA) is 58.1 Å². The third kappa shape index (κ3) is 3.42. The van der Waals surface area contributed by atoms with Crippen LogP contribution in [0.4, 0.5) is 11.5 Å². The molecule has 114 valence electrons. The van der Waals surface area contributed by atoms with Crippen molar-refractivity contribution in [2.75, 3.05) is 23.3 Å². The number of piperidine rings is 1. The van der Waals surface area contributed by atoms with E-state index in [1.807, 2.05) is 18.3 Å². The lowest BCUT2D eigenvalue weighted by Crippen LogP contribution is -2.34. The first-order valence-electron chi connectivity index (χ1n) is 7.65. The number of hydrogen-bond donors (Lipinski definition) is 1. The van der Waals surface area contributed by atoms with Gasteiger partial charge in [0.25, 0.3) is 5.91 Å². The maximum absolute atomic E-state index is 12.0. The van der Waals surface area contributed by atoms with Crippen LogP contribution in [0.1, 0.15) is 30.1 Å². The van der Waals surface area contributed by atoms with E-state index >= 15 is 0 Å². The van der Waals surface area contributed by atoms with Gasteiger partial charge in [0.05, 0.1) is 17.4 Å². The van der Waals surface area contributed by atoms with Gasteiger partial charge >= 0.3 is 0 Å². The summed E-state index contributed by atoms with van der Waals surface area (Å²) in [4.78, 5) is 22.7. The van der Waals surface area contributed by atoms with E-state index in [1.165, 1.54) is 12.8 Å². The van der Waals surface area contributed by atoms with E-state index in [-0.39, 0.29) is 5.91 Å². The van der Waals surface area contributed by atoms with Gasteiger partial charge in [-0.05, 0) is 43.0 Å². The number of aromatic nitrogens is 2. The first-order valence-corrected chi connectivity index (χ1v) is 7.65. The second-order valence-corrected chi connectivity index (χ2v) is 5.79. The molecule has 2 aromatic heterocycles. The molecule has 1 amide bonds. The number of hydrogen-bond acceptors (Lipinski definition) is 4. The van der Waals surface area contributed by atoms with E-state index in [9.17, 15) is 4.79 Å². The molecule has 1 saturated heterocycles. The molecule has 1 fully saturated rings. The van der Waals surface area contributed by atoms with Gasteiger partial charge in [0.2, 0.25) is 0 Å². The molecule has 0 spiro atoms. The minimum atomic E-state index is -0.194. The van der Waals surface area contributed by atoms with Crippen molar-refractivity contribution in [3.8, 4) is 0 Å². The third-order valence-corrected chi connectivity index (χ3v) is 3.94. The summed E-state index contributed by atoms with van der Waals surface area (Å²) < 4.78 is 0. The number of nitrogens with zero attached hydrogens (tertiary/aromatic N) is 3. The van der Waals surface area contributed by atoms with Gasteiger partial charge in [0, 0.05) is 25.5 Å². The van der Waals surface area contributed by atoms with Crippen LogP contribution in [0.25, 0.3) is 0 Å². The van der Waals surface area contributed by atoms with Gasteiger partial charge in [-0.25, -0.2) is 4.98 Å². The third-order valence-electron chi connectivity index (χ3n) is 3.94. The zero-order chi connectivity index (χ0) is 15.4. The molecule has 3 rings (SSSR count). The highest BCUT2D eigenvalue weighted by Crippen LogP contribution is 2.23. The van der Waals surface area contributed by atoms with Crippen LogP contribution in [0.15, 0.2) is 42.9 Å². The number of nitrogens with one attached hydrogen (secondary N) is 1. The van der Waals surface area contributed by atoms with Gasteiger partial charge in [-0.3, -0.25) is 9.78 Å². The van der Waals surface area contributed by atoms with Crippen LogP contribution in [0.3, 0.4) is 0 Å². The first kappa shape index (κ1) is 14.5. The van der Waals surface area contributed by atoms with E-state index in [4.69, 9.17) is 0 Å². The lowest BCUT2D eigenvalue weighted by Gasteiger charge is -2.32. The summed E-state index contributed by atoms with van der Waals surface area (Å²) >= 11 is 0. The zero-order valence-electron chi connectivity index (χ0n) is 12.7. The summed E-state index contributed by atoms with van der Waals surface area (Å²) in [6.07, 6.45) is 7.53. The molecule has 0 aromatic carbocycles. The Hall–Kier alpha value is -2.43. The molecule has 22 heavy (non-hydrogen) atoms. The predicted molar refractivity (Wildman–Crippen MR) is 87.0 cm³/mol. The van der Waals surface area contributed by atoms with Gasteiger partial charge in [0.1, 0.15) is 5.82 Å². The molecule has 5 nitrogen and oxygen atoms in total. The van der Waals surface area contributed by atoms with Gasteiger partial charge < -0.3 is 10.2 Å². The molecule has 0 aliphatic carbocycles. The molecule has 1 aliphatic rings. The highest BCUT2D eigenvalue weighted by atomic mass is 16.1. The lowest BCUT2D eigenvalue weighted by atomic mass is 10.00. The Bertz CT molecular complexity index is 627. The van der Waals surface area contributed by atoms with E-state index in [1.54, 1.807) is 24.5 Å². The fraction of sp³-hybridized carbons (Fsp3) is 0.353. The Kier molecular flexibility index (Phi) is 4.32. The molecule has 3 heterocycles. The smallest absolute Gasteiger partial charge is 0.258 e. The van der Waals surface area contributed by atoms with E-state index in [2.05, 4.69) is 27.1 Å². The molecule has 2 aromatic rings. The second-order valence-electron chi connectivity index (χ2n) is 5.79. The maximum Gasteiger partial charge on any atom is 0.258 e. The molecular formula is C17H20N4O. The van der Waals surface area contributed by atoms with Crippen molar-refractivity contribution in [3.63, 3.8) is 0 Å². The Labute approximate surface area is 130 Å². The average Bonchev–Trinajstić information content (AvgIpc) is 2.56. The number of pyridine rings is 2. The number of amides is 1. The van der Waals surface area contributed by atoms with E-state index in [0.29, 0.717) is 11.4 Å². The Morgan fingerprint density at radius 2 is 2.23 bits per heavy atom. The molecule has 0 radical (unpaired) electrons. The van der Waals surface area contributed by atoms with Crippen molar-refractivity contribution in [1.82, 2.24) is 9.97 Å². The van der Waals surface area contributed by atoms with Crippen LogP contribution in [-0.4, -0.2) is 29.0 Å². The lowest BCUT2D eigenvalue weighted by molar-refractivity contribution is 0.102. The minimum Gasteiger partial charge on any atom is -0.370 e. The fourth-order valence-corrected chi connectivity index (χ4v) is 2.76. The highest BCUT2D eigenvalue weighted by Gasteiger charge is 2.17. The molecule has 5 heteroatoms. The number of carbonyl (C=O) groups excluding carboxylic acids is 1. The molecule has 1 unspecified atom stereocenters. The Morgan fingerprint density at radius 1 is 1.32 bits per heavy atom. The number of anilines is 2. The average molecular weight is 296 g/mol.